The van der Waals surface area contributed by atoms with Gasteiger partial charge in [-0.05, 0) is 44.4 Å². The van der Waals surface area contributed by atoms with Crippen molar-refractivity contribution < 1.29 is 19.0 Å². The molecule has 2 aromatic heterocycles. The van der Waals surface area contributed by atoms with Crippen LogP contribution in [0.15, 0.2) is 70.2 Å². The van der Waals surface area contributed by atoms with Crippen LogP contribution >= 0.6 is 0 Å². The number of rotatable bonds is 8. The minimum Gasteiger partial charge on any atom is -0.382 e. The highest BCUT2D eigenvalue weighted by molar-refractivity contribution is 7.92. The lowest BCUT2D eigenvalue weighted by Gasteiger charge is -2.23. The summed E-state index contributed by atoms with van der Waals surface area (Å²) in [6.45, 7) is 5.46. The third-order valence-corrected chi connectivity index (χ3v) is 8.79. The molecule has 4 aromatic rings. The molecule has 1 fully saturated rings. The SMILES string of the molecule is [2H]c1cc(-c2cc(-c3nc(-c4ccc(S(=O)(=O)C(C)C)cc4)cnc3N)on2)ccc1CNC1CCOCC1. The van der Waals surface area contributed by atoms with Crippen molar-refractivity contribution >= 4 is 15.7 Å². The van der Waals surface area contributed by atoms with Crippen LogP contribution in [0.25, 0.3) is 34.0 Å². The fourth-order valence-corrected chi connectivity index (χ4v) is 5.27. The number of hydrogen-bond acceptors (Lipinski definition) is 9. The van der Waals surface area contributed by atoms with Gasteiger partial charge in [-0.2, -0.15) is 0 Å². The minimum atomic E-state index is -3.37. The smallest absolute Gasteiger partial charge is 0.189 e. The minimum absolute atomic E-state index is 0.177. The molecule has 0 aliphatic carbocycles. The first kappa shape index (κ1) is 24.7. The maximum absolute atomic E-state index is 12.4. The van der Waals surface area contributed by atoms with Crippen molar-refractivity contribution in [3.8, 4) is 34.0 Å². The molecule has 0 saturated carbocycles. The van der Waals surface area contributed by atoms with E-state index in [1.54, 1.807) is 50.2 Å². The van der Waals surface area contributed by atoms with Gasteiger partial charge in [0.1, 0.15) is 5.69 Å². The molecular formula is C28H31N5O4S. The Morgan fingerprint density at radius 2 is 1.79 bits per heavy atom. The Kier molecular flexibility index (Phi) is 7.17. The maximum Gasteiger partial charge on any atom is 0.189 e. The van der Waals surface area contributed by atoms with Crippen molar-refractivity contribution in [1.29, 1.82) is 0 Å². The number of nitrogen functional groups attached to an aromatic ring is 1. The van der Waals surface area contributed by atoms with Gasteiger partial charge in [0.2, 0.25) is 0 Å². The quantitative estimate of drug-likeness (QED) is 0.335. The maximum atomic E-state index is 12.4. The van der Waals surface area contributed by atoms with Gasteiger partial charge >= 0.3 is 0 Å². The molecule has 1 aliphatic heterocycles. The lowest BCUT2D eigenvalue weighted by atomic mass is 10.1. The van der Waals surface area contributed by atoms with Crippen LogP contribution in [0.2, 0.25) is 0 Å². The van der Waals surface area contributed by atoms with Gasteiger partial charge in [-0.3, -0.25) is 0 Å². The van der Waals surface area contributed by atoms with E-state index in [2.05, 4.69) is 20.4 Å². The van der Waals surface area contributed by atoms with Gasteiger partial charge in [0.15, 0.2) is 27.1 Å². The molecule has 0 bridgehead atoms. The van der Waals surface area contributed by atoms with Crippen LogP contribution in [-0.4, -0.2) is 48.0 Å². The molecule has 0 spiro atoms. The Hall–Kier alpha value is -3.60. The molecule has 1 saturated heterocycles. The summed E-state index contributed by atoms with van der Waals surface area (Å²) in [5.74, 6) is 0.517. The third kappa shape index (κ3) is 5.62. The average molecular weight is 535 g/mol. The number of sulfone groups is 1. The molecule has 1 aliphatic rings. The zero-order chi connectivity index (χ0) is 27.6. The Morgan fingerprint density at radius 3 is 2.50 bits per heavy atom. The average Bonchev–Trinajstić information content (AvgIpc) is 3.43. The number of ether oxygens (including phenoxy) is 1. The molecule has 0 atom stereocenters. The van der Waals surface area contributed by atoms with E-state index >= 15 is 0 Å². The van der Waals surface area contributed by atoms with Crippen molar-refractivity contribution in [3.05, 3.63) is 66.3 Å². The van der Waals surface area contributed by atoms with Crippen LogP contribution in [0.1, 0.15) is 33.6 Å². The second-order valence-electron chi connectivity index (χ2n) is 9.55. The van der Waals surface area contributed by atoms with E-state index in [4.69, 9.17) is 16.4 Å². The summed E-state index contributed by atoms with van der Waals surface area (Å²) in [6, 6.07) is 14.7. The van der Waals surface area contributed by atoms with Crippen LogP contribution in [0.3, 0.4) is 0 Å². The first-order valence-corrected chi connectivity index (χ1v) is 14.1. The van der Waals surface area contributed by atoms with Crippen molar-refractivity contribution in [2.24, 2.45) is 0 Å². The molecule has 2 aromatic carbocycles. The summed E-state index contributed by atoms with van der Waals surface area (Å²) in [5.41, 5.74) is 9.85. The highest BCUT2D eigenvalue weighted by Crippen LogP contribution is 2.30. The van der Waals surface area contributed by atoms with Crippen LogP contribution in [0.5, 0.6) is 0 Å². The monoisotopic (exact) mass is 534 g/mol. The number of aromatic nitrogens is 3. The van der Waals surface area contributed by atoms with Gasteiger partial charge in [-0.15, -0.1) is 0 Å². The fourth-order valence-electron chi connectivity index (χ4n) is 4.21. The molecule has 198 valence electrons. The van der Waals surface area contributed by atoms with Crippen LogP contribution in [-0.2, 0) is 21.1 Å². The standard InChI is InChI=1S/C28H31N5O4S/c1-18(2)38(34,35)23-9-7-21(8-10-23)25-17-31-28(29)27(32-25)26-15-24(33-37-26)20-5-3-19(4-6-20)16-30-22-11-13-36-14-12-22/h3-10,15,17-18,22,30H,11-14,16H2,1-2H3,(H2,29,31)/i3D. The van der Waals surface area contributed by atoms with E-state index in [1.807, 2.05) is 12.1 Å². The van der Waals surface area contributed by atoms with E-state index in [0.29, 0.717) is 47.0 Å². The van der Waals surface area contributed by atoms with E-state index in [0.717, 1.165) is 37.2 Å². The van der Waals surface area contributed by atoms with Crippen LogP contribution < -0.4 is 11.1 Å². The van der Waals surface area contributed by atoms with Gasteiger partial charge in [-0.25, -0.2) is 18.4 Å². The number of nitrogens with one attached hydrogen (secondary N) is 1. The molecule has 5 rings (SSSR count). The van der Waals surface area contributed by atoms with E-state index in [9.17, 15) is 8.42 Å². The summed E-state index contributed by atoms with van der Waals surface area (Å²) in [4.78, 5) is 9.14. The van der Waals surface area contributed by atoms with E-state index in [-0.39, 0.29) is 10.7 Å². The van der Waals surface area contributed by atoms with Crippen molar-refractivity contribution in [2.75, 3.05) is 18.9 Å². The lowest BCUT2D eigenvalue weighted by molar-refractivity contribution is 0.0776. The summed E-state index contributed by atoms with van der Waals surface area (Å²) < 4.78 is 44.3. The Morgan fingerprint density at radius 1 is 1.08 bits per heavy atom. The van der Waals surface area contributed by atoms with E-state index in [1.165, 1.54) is 6.20 Å². The third-order valence-electron chi connectivity index (χ3n) is 6.62. The molecule has 10 heteroatoms. The molecule has 0 amide bonds. The number of benzene rings is 2. The fraction of sp³-hybridized carbons (Fsp3) is 0.321. The van der Waals surface area contributed by atoms with Gasteiger partial charge in [-0.1, -0.05) is 41.5 Å². The molecule has 0 unspecified atom stereocenters. The van der Waals surface area contributed by atoms with Crippen molar-refractivity contribution in [3.63, 3.8) is 0 Å². The largest absolute Gasteiger partial charge is 0.382 e. The van der Waals surface area contributed by atoms with Crippen molar-refractivity contribution in [1.82, 2.24) is 20.4 Å². The molecule has 3 N–H and O–H groups in total. The second-order valence-corrected chi connectivity index (χ2v) is 12.1. The zero-order valence-corrected chi connectivity index (χ0v) is 22.2. The Balaban J connectivity index is 1.34. The van der Waals surface area contributed by atoms with Crippen molar-refractivity contribution in [2.45, 2.75) is 49.4 Å². The number of hydrogen-bond donors (Lipinski definition) is 2. The van der Waals surface area contributed by atoms with Crippen LogP contribution in [0.4, 0.5) is 5.82 Å². The van der Waals surface area contributed by atoms with Gasteiger partial charge in [0.25, 0.3) is 0 Å². The first-order chi connectivity index (χ1) is 18.7. The summed E-state index contributed by atoms with van der Waals surface area (Å²) in [6.07, 6.45) is 3.49. The normalized spacial score (nSPS) is 15.1. The summed E-state index contributed by atoms with van der Waals surface area (Å²) >= 11 is 0. The lowest BCUT2D eigenvalue weighted by Crippen LogP contribution is -2.34. The second kappa shape index (κ2) is 11.0. The zero-order valence-electron chi connectivity index (χ0n) is 22.3. The molecule has 9 nitrogen and oxygen atoms in total. The highest BCUT2D eigenvalue weighted by atomic mass is 32.2. The van der Waals surface area contributed by atoms with Gasteiger partial charge < -0.3 is 20.3 Å². The molecule has 3 heterocycles. The van der Waals surface area contributed by atoms with Gasteiger partial charge in [0.05, 0.1) is 23.4 Å². The highest BCUT2D eigenvalue weighted by Gasteiger charge is 2.20. The Bertz CT molecular complexity index is 1570. The molecule has 38 heavy (non-hydrogen) atoms. The summed E-state index contributed by atoms with van der Waals surface area (Å²) in [5, 5.41) is 7.17. The van der Waals surface area contributed by atoms with Gasteiger partial charge in [0, 0.05) is 43.0 Å². The summed E-state index contributed by atoms with van der Waals surface area (Å²) in [7, 11) is -3.37. The number of nitrogens with zero attached hydrogens (tertiary/aromatic N) is 3. The predicted octanol–water partition coefficient (Wildman–Crippen LogP) is 4.50. The Labute approximate surface area is 223 Å². The number of nitrogens with two attached hydrogens (primary N) is 1. The first-order valence-electron chi connectivity index (χ1n) is 13.1. The topological polar surface area (TPSA) is 133 Å². The molecule has 0 radical (unpaired) electrons. The van der Waals surface area contributed by atoms with E-state index < -0.39 is 15.1 Å². The number of anilines is 1. The van der Waals surface area contributed by atoms with Crippen LogP contribution in [0, 0.1) is 0 Å². The predicted molar refractivity (Wildman–Crippen MR) is 146 cm³/mol. The molecular weight excluding hydrogens is 502 g/mol.